The molecule has 31 heavy (non-hydrogen) atoms. The molecule has 6 nitrogen and oxygen atoms in total. The number of alkyl halides is 3. The number of halogens is 3. The largest absolute Gasteiger partial charge is 0.495 e. The first-order valence-corrected chi connectivity index (χ1v) is 9.82. The summed E-state index contributed by atoms with van der Waals surface area (Å²) in [5.41, 5.74) is 5.96. The summed E-state index contributed by atoms with van der Waals surface area (Å²) < 4.78 is 52.3. The summed E-state index contributed by atoms with van der Waals surface area (Å²) in [4.78, 5) is 17.0. The number of hydrogen-bond donors (Lipinski definition) is 1. The van der Waals surface area contributed by atoms with Crippen LogP contribution in [-0.4, -0.2) is 22.4 Å². The second-order valence-corrected chi connectivity index (χ2v) is 7.60. The van der Waals surface area contributed by atoms with Gasteiger partial charge >= 0.3 is 6.18 Å². The first-order valence-electron chi connectivity index (χ1n) is 9.01. The molecule has 0 bridgehead atoms. The maximum absolute atomic E-state index is 13.2. The number of amides is 1. The van der Waals surface area contributed by atoms with Crippen LogP contribution < -0.4 is 15.2 Å². The molecule has 2 N–H and O–H groups in total. The summed E-state index contributed by atoms with van der Waals surface area (Å²) >= 11 is 1.08. The summed E-state index contributed by atoms with van der Waals surface area (Å²) in [5, 5.41) is 0. The molecule has 0 aliphatic carbocycles. The summed E-state index contributed by atoms with van der Waals surface area (Å²) in [6.07, 6.45) is -1.16. The molecule has 3 aromatic heterocycles. The normalized spacial score (nSPS) is 11.6. The van der Waals surface area contributed by atoms with E-state index in [0.29, 0.717) is 22.0 Å². The molecule has 4 aromatic rings. The fourth-order valence-corrected chi connectivity index (χ4v) is 4.08. The molecule has 0 saturated carbocycles. The molecule has 3 heterocycles. The molecule has 160 valence electrons. The van der Waals surface area contributed by atoms with Crippen molar-refractivity contribution < 1.29 is 27.4 Å². The van der Waals surface area contributed by atoms with Crippen LogP contribution in [0.15, 0.2) is 54.9 Å². The number of benzene rings is 1. The van der Waals surface area contributed by atoms with Gasteiger partial charge < -0.3 is 15.2 Å². The number of methoxy groups -OCH3 is 1. The van der Waals surface area contributed by atoms with Crippen molar-refractivity contribution in [1.29, 1.82) is 0 Å². The first kappa shape index (κ1) is 20.7. The van der Waals surface area contributed by atoms with E-state index in [1.54, 1.807) is 42.1 Å². The Labute approximate surface area is 178 Å². The number of aromatic nitrogens is 2. The van der Waals surface area contributed by atoms with Crippen LogP contribution in [0, 0.1) is 0 Å². The van der Waals surface area contributed by atoms with E-state index in [1.807, 2.05) is 0 Å². The molecule has 0 atom stereocenters. The zero-order valence-corrected chi connectivity index (χ0v) is 17.0. The van der Waals surface area contributed by atoms with E-state index in [9.17, 15) is 18.0 Å². The molecular formula is C21H16F3N3O3S. The quantitative estimate of drug-likeness (QED) is 0.462. The number of pyridine rings is 1. The second kappa shape index (κ2) is 7.95. The van der Waals surface area contributed by atoms with Gasteiger partial charge in [-0.3, -0.25) is 9.20 Å². The number of nitrogens with two attached hydrogens (primary N) is 1. The molecule has 0 saturated heterocycles. The zero-order chi connectivity index (χ0) is 22.2. The van der Waals surface area contributed by atoms with Gasteiger partial charge in [0, 0.05) is 11.6 Å². The summed E-state index contributed by atoms with van der Waals surface area (Å²) in [7, 11) is 1.54. The molecule has 10 heteroatoms. The smallest absolute Gasteiger partial charge is 0.416 e. The number of hydrogen-bond acceptors (Lipinski definition) is 5. The van der Waals surface area contributed by atoms with Gasteiger partial charge in [0.25, 0.3) is 5.91 Å². The fraction of sp³-hybridized carbons (Fsp3) is 0.143. The summed E-state index contributed by atoms with van der Waals surface area (Å²) in [6.45, 7) is -0.368. The molecule has 0 radical (unpaired) electrons. The predicted molar refractivity (Wildman–Crippen MR) is 109 cm³/mol. The van der Waals surface area contributed by atoms with Crippen molar-refractivity contribution in [2.75, 3.05) is 7.11 Å². The number of fused-ring (bicyclic) bond motifs is 1. The summed E-state index contributed by atoms with van der Waals surface area (Å²) in [5.74, 6) is -0.0113. The Balaban J connectivity index is 1.69. The van der Waals surface area contributed by atoms with Gasteiger partial charge in [0.1, 0.15) is 28.6 Å². The van der Waals surface area contributed by atoms with Crippen LogP contribution in [-0.2, 0) is 12.8 Å². The Bertz CT molecular complexity index is 1260. The van der Waals surface area contributed by atoms with E-state index in [1.165, 1.54) is 18.2 Å². The minimum atomic E-state index is -4.51. The monoisotopic (exact) mass is 447 g/mol. The molecular weight excluding hydrogens is 431 g/mol. The van der Waals surface area contributed by atoms with Gasteiger partial charge in [-0.15, -0.1) is 11.3 Å². The highest BCUT2D eigenvalue weighted by molar-refractivity contribution is 7.17. The van der Waals surface area contributed by atoms with Crippen LogP contribution in [0.1, 0.15) is 20.8 Å². The van der Waals surface area contributed by atoms with Crippen LogP contribution >= 0.6 is 11.3 Å². The number of imidazole rings is 1. The second-order valence-electron chi connectivity index (χ2n) is 6.55. The Kier molecular flexibility index (Phi) is 5.32. The van der Waals surface area contributed by atoms with E-state index in [0.717, 1.165) is 17.4 Å². The third-order valence-electron chi connectivity index (χ3n) is 4.59. The van der Waals surface area contributed by atoms with E-state index in [4.69, 9.17) is 15.2 Å². The van der Waals surface area contributed by atoms with Crippen molar-refractivity contribution in [3.8, 4) is 22.1 Å². The van der Waals surface area contributed by atoms with Crippen molar-refractivity contribution in [2.45, 2.75) is 12.8 Å². The zero-order valence-electron chi connectivity index (χ0n) is 16.1. The highest BCUT2D eigenvalue weighted by Crippen LogP contribution is 2.38. The lowest BCUT2D eigenvalue weighted by atomic mass is 10.1. The molecule has 0 fully saturated rings. The first-order chi connectivity index (χ1) is 14.8. The molecule has 0 aliphatic rings. The van der Waals surface area contributed by atoms with Crippen LogP contribution in [0.25, 0.3) is 16.2 Å². The van der Waals surface area contributed by atoms with E-state index >= 15 is 0 Å². The van der Waals surface area contributed by atoms with Crippen LogP contribution in [0.4, 0.5) is 13.2 Å². The number of rotatable bonds is 6. The molecule has 0 unspecified atom stereocenters. The third kappa shape index (κ3) is 4.06. The van der Waals surface area contributed by atoms with Crippen LogP contribution in [0.3, 0.4) is 0 Å². The van der Waals surface area contributed by atoms with Gasteiger partial charge in [0.2, 0.25) is 0 Å². The van der Waals surface area contributed by atoms with Gasteiger partial charge in [-0.1, -0.05) is 18.2 Å². The minimum Gasteiger partial charge on any atom is -0.495 e. The maximum atomic E-state index is 13.2. The molecule has 4 rings (SSSR count). The standard InChI is InChI=1S/C21H16F3N3O3S/c1-29-13-6-7-18-26-9-15(27(18)10-13)17-8-16(19(31-17)20(25)28)30-11-12-4-2-3-5-14(12)21(22,23)24/h2-10H,11H2,1H3,(H2,25,28). The van der Waals surface area contributed by atoms with Crippen LogP contribution in [0.5, 0.6) is 11.5 Å². The van der Waals surface area contributed by atoms with Gasteiger partial charge in [-0.2, -0.15) is 13.2 Å². The van der Waals surface area contributed by atoms with Gasteiger partial charge in [-0.25, -0.2) is 4.98 Å². The van der Waals surface area contributed by atoms with Crippen LogP contribution in [0.2, 0.25) is 0 Å². The lowest BCUT2D eigenvalue weighted by Crippen LogP contribution is -2.13. The number of carbonyl (C=O) groups is 1. The maximum Gasteiger partial charge on any atom is 0.416 e. The highest BCUT2D eigenvalue weighted by atomic mass is 32.1. The number of ether oxygens (including phenoxy) is 2. The topological polar surface area (TPSA) is 78.8 Å². The van der Waals surface area contributed by atoms with Crippen molar-refractivity contribution >= 4 is 22.9 Å². The SMILES string of the molecule is COc1ccc2ncc(-c3cc(OCc4ccccc4C(F)(F)F)c(C(N)=O)s3)n2c1. The van der Waals surface area contributed by atoms with Crippen molar-refractivity contribution in [2.24, 2.45) is 5.73 Å². The number of carbonyl (C=O) groups excluding carboxylic acids is 1. The number of primary amides is 1. The average molecular weight is 447 g/mol. The molecule has 1 amide bonds. The third-order valence-corrected chi connectivity index (χ3v) is 5.75. The average Bonchev–Trinajstić information content (AvgIpc) is 3.35. The Morgan fingerprint density at radius 1 is 1.23 bits per heavy atom. The Hall–Kier alpha value is -3.53. The lowest BCUT2D eigenvalue weighted by molar-refractivity contribution is -0.138. The molecule has 0 spiro atoms. The Morgan fingerprint density at radius 3 is 2.71 bits per heavy atom. The van der Waals surface area contributed by atoms with Crippen molar-refractivity contribution in [1.82, 2.24) is 9.38 Å². The highest BCUT2D eigenvalue weighted by Gasteiger charge is 2.33. The minimum absolute atomic E-state index is 0.0438. The lowest BCUT2D eigenvalue weighted by Gasteiger charge is -2.13. The Morgan fingerprint density at radius 2 is 2.00 bits per heavy atom. The summed E-state index contributed by atoms with van der Waals surface area (Å²) in [6, 6.07) is 10.2. The van der Waals surface area contributed by atoms with E-state index in [2.05, 4.69) is 4.98 Å². The van der Waals surface area contributed by atoms with Crippen molar-refractivity contribution in [3.05, 3.63) is 70.9 Å². The van der Waals surface area contributed by atoms with E-state index in [-0.39, 0.29) is 22.8 Å². The molecule has 1 aromatic carbocycles. The van der Waals surface area contributed by atoms with E-state index < -0.39 is 17.6 Å². The predicted octanol–water partition coefficient (Wildman–Crippen LogP) is 4.77. The van der Waals surface area contributed by atoms with Gasteiger partial charge in [0.05, 0.1) is 35.6 Å². The molecule has 0 aliphatic heterocycles. The fourth-order valence-electron chi connectivity index (χ4n) is 3.12. The van der Waals surface area contributed by atoms with Gasteiger partial charge in [-0.05, 0) is 18.2 Å². The number of thiophene rings is 1. The van der Waals surface area contributed by atoms with Gasteiger partial charge in [0.15, 0.2) is 0 Å². The van der Waals surface area contributed by atoms with Crippen molar-refractivity contribution in [3.63, 3.8) is 0 Å². The number of nitrogens with zero attached hydrogens (tertiary/aromatic N) is 2.